The first-order valence-corrected chi connectivity index (χ1v) is 18.8. The quantitative estimate of drug-likeness (QED) is 0.150. The summed E-state index contributed by atoms with van der Waals surface area (Å²) < 4.78 is 34.0. The molecule has 0 aromatic rings. The maximum Gasteiger partial charge on any atom is 0.338 e. The third kappa shape index (κ3) is 9.15. The third-order valence-electron chi connectivity index (χ3n) is 11.2. The molecule has 2 saturated heterocycles. The van der Waals surface area contributed by atoms with E-state index in [1.807, 2.05) is 0 Å². The van der Waals surface area contributed by atoms with Crippen LogP contribution >= 0.6 is 22.6 Å². The average molecular weight is 754 g/mol. The molecule has 3 fully saturated rings. The molecule has 2 bridgehead atoms. The lowest BCUT2D eigenvalue weighted by Crippen LogP contribution is -2.49. The van der Waals surface area contributed by atoms with Gasteiger partial charge in [0.2, 0.25) is 0 Å². The Balaban J connectivity index is 1.34. The van der Waals surface area contributed by atoms with Gasteiger partial charge in [0, 0.05) is 66.1 Å². The van der Waals surface area contributed by atoms with Crippen LogP contribution < -0.4 is 5.43 Å². The number of piperidine rings is 1. The number of ether oxygens (including phenoxy) is 1. The molecular formula is C36H56F2IN6O+. The first-order valence-electron chi connectivity index (χ1n) is 17.7. The summed E-state index contributed by atoms with van der Waals surface area (Å²) in [5, 5.41) is 0. The van der Waals surface area contributed by atoms with Gasteiger partial charge in [-0.2, -0.15) is 8.78 Å². The van der Waals surface area contributed by atoms with E-state index in [-0.39, 0.29) is 17.7 Å². The number of fused-ring (bicyclic) bond motifs is 2. The third-order valence-corrected chi connectivity index (χ3v) is 11.9. The summed E-state index contributed by atoms with van der Waals surface area (Å²) in [6.07, 6.45) is 15.6. The largest absolute Gasteiger partial charge is 0.353 e. The number of alkyl halides is 3. The Morgan fingerprint density at radius 2 is 1.96 bits per heavy atom. The summed E-state index contributed by atoms with van der Waals surface area (Å²) in [4.78, 5) is 13.8. The maximum absolute atomic E-state index is 15.3. The molecule has 0 spiro atoms. The van der Waals surface area contributed by atoms with Gasteiger partial charge in [-0.25, -0.2) is 0 Å². The van der Waals surface area contributed by atoms with Crippen LogP contribution in [0.2, 0.25) is 0 Å². The highest BCUT2D eigenvalue weighted by Crippen LogP contribution is 2.42. The average Bonchev–Trinajstić information content (AvgIpc) is 3.22. The molecule has 7 nitrogen and oxygen atoms in total. The molecule has 0 amide bonds. The summed E-state index contributed by atoms with van der Waals surface area (Å²) in [6, 6.07) is 3.96. The molecule has 5 aliphatic rings. The van der Waals surface area contributed by atoms with Crippen LogP contribution in [-0.2, 0) is 4.74 Å². The fourth-order valence-electron chi connectivity index (χ4n) is 8.81. The molecule has 256 valence electrons. The van der Waals surface area contributed by atoms with E-state index in [4.69, 9.17) is 4.74 Å². The van der Waals surface area contributed by atoms with Crippen molar-refractivity contribution in [2.24, 2.45) is 17.8 Å². The fourth-order valence-corrected chi connectivity index (χ4v) is 9.19. The highest BCUT2D eigenvalue weighted by atomic mass is 127. The fraction of sp³-hybridized carbons (Fsp3) is 0.778. The van der Waals surface area contributed by atoms with Gasteiger partial charge in [0.25, 0.3) is 0 Å². The summed E-state index contributed by atoms with van der Waals surface area (Å²) in [6.45, 7) is 13.3. The minimum Gasteiger partial charge on any atom is -0.353 e. The first-order chi connectivity index (χ1) is 22.2. The van der Waals surface area contributed by atoms with Crippen LogP contribution in [0.25, 0.3) is 4.95 Å². The molecular weight excluding hydrogens is 697 g/mol. The van der Waals surface area contributed by atoms with Crippen molar-refractivity contribution < 1.29 is 13.5 Å². The lowest BCUT2D eigenvalue weighted by atomic mass is 9.69. The Hall–Kier alpha value is -1.48. The Morgan fingerprint density at radius 1 is 1.15 bits per heavy atom. The van der Waals surface area contributed by atoms with E-state index in [0.29, 0.717) is 56.8 Å². The van der Waals surface area contributed by atoms with Crippen molar-refractivity contribution in [1.82, 2.24) is 25.0 Å². The van der Waals surface area contributed by atoms with E-state index >= 15 is 8.78 Å². The van der Waals surface area contributed by atoms with Crippen LogP contribution in [0.15, 0.2) is 41.3 Å². The van der Waals surface area contributed by atoms with E-state index in [2.05, 4.69) is 75.5 Å². The zero-order valence-corrected chi connectivity index (χ0v) is 30.5. The lowest BCUT2D eigenvalue weighted by molar-refractivity contribution is -0.0195. The van der Waals surface area contributed by atoms with Gasteiger partial charge in [-0.05, 0) is 81.0 Å². The molecule has 1 saturated carbocycles. The molecule has 5 rings (SSSR count). The Labute approximate surface area is 290 Å². The Bertz CT molecular complexity index is 1200. The topological polar surface area (TPSA) is 38.6 Å². The maximum atomic E-state index is 15.3. The SMILES string of the molecule is C=C=C1CCCN(CC2=C\N3COCN(C4CCCCC([C@H](C(CC)CC)C5C#[N+]NCN5C)CC4)C(C/C(C(F)(F)I)=C\2)C3)C1. The highest BCUT2D eigenvalue weighted by molar-refractivity contribution is 14.1. The van der Waals surface area contributed by atoms with Crippen LogP contribution in [0, 0.1) is 23.8 Å². The number of hydrogen-bond donors (Lipinski definition) is 1. The van der Waals surface area contributed by atoms with Crippen LogP contribution in [0.1, 0.15) is 84.5 Å². The Morgan fingerprint density at radius 3 is 2.70 bits per heavy atom. The van der Waals surface area contributed by atoms with Crippen molar-refractivity contribution in [2.45, 2.75) is 107 Å². The second kappa shape index (κ2) is 16.8. The van der Waals surface area contributed by atoms with Crippen LogP contribution in [0.5, 0.6) is 0 Å². The number of halogens is 3. The van der Waals surface area contributed by atoms with Gasteiger partial charge in [0.15, 0.2) is 6.04 Å². The highest BCUT2D eigenvalue weighted by Gasteiger charge is 2.42. The number of nitrogens with one attached hydrogen (secondary N) is 1. The number of likely N-dealkylation sites (tertiary alicyclic amines) is 1. The molecule has 46 heavy (non-hydrogen) atoms. The molecule has 10 heteroatoms. The molecule has 5 atom stereocenters. The van der Waals surface area contributed by atoms with E-state index in [1.165, 1.54) is 41.0 Å². The van der Waals surface area contributed by atoms with E-state index < -0.39 is 3.93 Å². The van der Waals surface area contributed by atoms with Crippen molar-refractivity contribution in [1.29, 1.82) is 0 Å². The summed E-state index contributed by atoms with van der Waals surface area (Å²) >= 11 is 1.34. The summed E-state index contributed by atoms with van der Waals surface area (Å²) in [5.74, 6) is 1.73. The molecule has 0 radical (unpaired) electrons. The molecule has 4 unspecified atom stereocenters. The first kappa shape index (κ1) is 35.8. The number of rotatable bonds is 9. The van der Waals surface area contributed by atoms with Crippen molar-refractivity contribution in [3.05, 3.63) is 46.3 Å². The molecule has 4 aliphatic heterocycles. The Kier molecular flexibility index (Phi) is 13.0. The van der Waals surface area contributed by atoms with Gasteiger partial charge in [-0.1, -0.05) is 64.0 Å². The molecule has 0 aromatic heterocycles. The van der Waals surface area contributed by atoms with E-state index in [9.17, 15) is 0 Å². The van der Waals surface area contributed by atoms with E-state index in [0.717, 1.165) is 76.7 Å². The monoisotopic (exact) mass is 753 g/mol. The molecule has 1 N–H and O–H groups in total. The smallest absolute Gasteiger partial charge is 0.338 e. The van der Waals surface area contributed by atoms with Crippen LogP contribution in [-0.4, -0.2) is 95.0 Å². The zero-order valence-electron chi connectivity index (χ0n) is 28.3. The molecule has 1 aliphatic carbocycles. The number of nitrogens with zero attached hydrogens (tertiary/aromatic N) is 5. The van der Waals surface area contributed by atoms with E-state index in [1.54, 1.807) is 6.08 Å². The van der Waals surface area contributed by atoms with Gasteiger partial charge in [0.05, 0.1) is 4.95 Å². The van der Waals surface area contributed by atoms with Crippen LogP contribution in [0.4, 0.5) is 8.78 Å². The second-order valence-corrected chi connectivity index (χ2v) is 15.6. The van der Waals surface area contributed by atoms with Gasteiger partial charge in [-0.3, -0.25) is 14.7 Å². The van der Waals surface area contributed by atoms with Crippen molar-refractivity contribution in [3.8, 4) is 6.07 Å². The van der Waals surface area contributed by atoms with Crippen LogP contribution in [0.3, 0.4) is 0 Å². The minimum absolute atomic E-state index is 0.0220. The molecule has 0 aromatic carbocycles. The predicted octanol–water partition coefficient (Wildman–Crippen LogP) is 7.45. The van der Waals surface area contributed by atoms with Gasteiger partial charge in [0.1, 0.15) is 20.1 Å². The van der Waals surface area contributed by atoms with Crippen molar-refractivity contribution >= 4 is 22.6 Å². The normalized spacial score (nSPS) is 32.2. The van der Waals surface area contributed by atoms with Gasteiger partial charge >= 0.3 is 10.00 Å². The van der Waals surface area contributed by atoms with Crippen molar-refractivity contribution in [3.63, 3.8) is 0 Å². The van der Waals surface area contributed by atoms with Gasteiger partial charge < -0.3 is 9.64 Å². The van der Waals surface area contributed by atoms with Crippen molar-refractivity contribution in [2.75, 3.05) is 53.4 Å². The lowest BCUT2D eigenvalue weighted by Gasteiger charge is -2.42. The summed E-state index contributed by atoms with van der Waals surface area (Å²) in [5.41, 5.74) is 8.53. The summed E-state index contributed by atoms with van der Waals surface area (Å²) in [7, 11) is 2.19. The molecule has 4 heterocycles. The predicted molar refractivity (Wildman–Crippen MR) is 191 cm³/mol. The number of hydrogen-bond acceptors (Lipinski definition) is 6. The zero-order chi connectivity index (χ0) is 32.7. The second-order valence-electron chi connectivity index (χ2n) is 14.3. The standard InChI is InChI=1S/C36H56F2IN6O/c1-5-27-11-10-16-43(20-27)21-28-17-31(36(37,38)39)18-33-23-44(22-28)25-46-26-45(33)32-13-9-8-12-30(14-15-32)35(29(6-2)7-3)34-19-40-41-24-42(34)4/h17,22,29-30,32-35,41H,1,6-16,18,20-21,23-26H2,2-4H3/q+1/b28-22-,31-17+/t30?,32?,33?,34?,35-/m0/s1. The minimum atomic E-state index is -2.90. The van der Waals surface area contributed by atoms with Gasteiger partial charge in [-0.15, -0.1) is 5.73 Å².